The number of hydrogen-bond acceptors (Lipinski definition) is 12. The van der Waals surface area contributed by atoms with Crippen molar-refractivity contribution in [1.29, 1.82) is 0 Å². The largest absolute Gasteiger partial charge is 0.492 e. The molecule has 2 aromatic heterocycles. The SMILES string of the molecule is Cc1cc(OCCN(C)C)cc(-c2ncn(/C=C\C(=O)OC(C)C)n2)c1.Cc1cc(OCCN(C)C)cc(-c2ncn(/C=C\C(=O)OC(C)C)n2)c1.Cl. The molecule has 0 aliphatic carbocycles. The van der Waals surface area contributed by atoms with Crippen molar-refractivity contribution in [2.75, 3.05) is 54.5 Å². The van der Waals surface area contributed by atoms with Crippen LogP contribution in [-0.2, 0) is 19.1 Å². The first kappa shape index (κ1) is 44.1. The molecule has 14 nitrogen and oxygen atoms in total. The molecule has 0 atom stereocenters. The lowest BCUT2D eigenvalue weighted by atomic mass is 10.1. The molecule has 0 amide bonds. The van der Waals surface area contributed by atoms with Gasteiger partial charge in [0.25, 0.3) is 0 Å². The molecular weight excluding hydrogens is 700 g/mol. The van der Waals surface area contributed by atoms with Crippen LogP contribution in [0, 0.1) is 13.8 Å². The quantitative estimate of drug-likeness (QED) is 0.103. The van der Waals surface area contributed by atoms with Gasteiger partial charge in [0.15, 0.2) is 11.6 Å². The van der Waals surface area contributed by atoms with Crippen molar-refractivity contribution in [1.82, 2.24) is 39.3 Å². The smallest absolute Gasteiger partial charge is 0.332 e. The summed E-state index contributed by atoms with van der Waals surface area (Å²) in [6.45, 7) is 14.1. The molecule has 0 fully saturated rings. The van der Waals surface area contributed by atoms with Gasteiger partial charge in [-0.2, -0.15) is 0 Å². The Labute approximate surface area is 318 Å². The van der Waals surface area contributed by atoms with E-state index in [2.05, 4.69) is 30.0 Å². The van der Waals surface area contributed by atoms with E-state index in [1.54, 1.807) is 40.3 Å². The van der Waals surface area contributed by atoms with Crippen molar-refractivity contribution >= 4 is 36.7 Å². The Morgan fingerprint density at radius 1 is 0.660 bits per heavy atom. The summed E-state index contributed by atoms with van der Waals surface area (Å²) in [5.41, 5.74) is 3.85. The molecule has 2 heterocycles. The molecule has 0 N–H and O–H groups in total. The van der Waals surface area contributed by atoms with Crippen LogP contribution in [0.5, 0.6) is 11.5 Å². The van der Waals surface area contributed by atoms with E-state index in [1.807, 2.05) is 78.4 Å². The third-order valence-corrected chi connectivity index (χ3v) is 6.68. The van der Waals surface area contributed by atoms with Gasteiger partial charge in [-0.15, -0.1) is 22.6 Å². The summed E-state index contributed by atoms with van der Waals surface area (Å²) in [4.78, 5) is 35.8. The third-order valence-electron chi connectivity index (χ3n) is 6.68. The Kier molecular flexibility index (Phi) is 18.4. The predicted octanol–water partition coefficient (Wildman–Crippen LogP) is 5.65. The number of aromatic nitrogens is 6. The monoisotopic (exact) mass is 752 g/mol. The lowest BCUT2D eigenvalue weighted by Gasteiger charge is -2.12. The second-order valence-electron chi connectivity index (χ2n) is 13.1. The maximum atomic E-state index is 11.6. The number of ether oxygens (including phenoxy) is 4. The Balaban J connectivity index is 0.000000360. The van der Waals surface area contributed by atoms with Gasteiger partial charge in [0.2, 0.25) is 0 Å². The Bertz CT molecular complexity index is 1670. The highest BCUT2D eigenvalue weighted by Gasteiger charge is 2.10. The Hall–Kier alpha value is -5.05. The molecule has 0 aliphatic heterocycles. The van der Waals surface area contributed by atoms with Crippen LogP contribution in [0.4, 0.5) is 0 Å². The number of nitrogens with zero attached hydrogens (tertiary/aromatic N) is 8. The number of carbonyl (C=O) groups is 2. The molecule has 0 aliphatic rings. The summed E-state index contributed by atoms with van der Waals surface area (Å²) in [5.74, 6) is 1.87. The molecule has 288 valence electrons. The standard InChI is InChI=1S/2C19H26N4O3.ClH/c2*1-14(2)26-18(24)6-7-23-13-20-19(21-23)16-10-15(3)11-17(12-16)25-9-8-22(4)5;/h2*6-7,10-14H,8-9H2,1-5H3;1H/b2*7-6-;. The molecule has 15 heteroatoms. The zero-order valence-corrected chi connectivity index (χ0v) is 33.2. The molecule has 4 aromatic rings. The number of rotatable bonds is 16. The average Bonchev–Trinajstić information content (AvgIpc) is 3.72. The molecule has 0 radical (unpaired) electrons. The summed E-state index contributed by atoms with van der Waals surface area (Å²) >= 11 is 0. The van der Waals surface area contributed by atoms with Crippen molar-refractivity contribution in [2.24, 2.45) is 0 Å². The molecule has 4 rings (SSSR count). The molecule has 0 bridgehead atoms. The third kappa shape index (κ3) is 16.9. The van der Waals surface area contributed by atoms with E-state index in [4.69, 9.17) is 18.9 Å². The lowest BCUT2D eigenvalue weighted by molar-refractivity contribution is -0.142. The highest BCUT2D eigenvalue weighted by atomic mass is 35.5. The van der Waals surface area contributed by atoms with Crippen LogP contribution in [0.3, 0.4) is 0 Å². The van der Waals surface area contributed by atoms with Gasteiger partial charge in [-0.1, -0.05) is 0 Å². The zero-order chi connectivity index (χ0) is 38.2. The van der Waals surface area contributed by atoms with Crippen LogP contribution in [0.1, 0.15) is 38.8 Å². The first-order valence-electron chi connectivity index (χ1n) is 17.1. The maximum absolute atomic E-state index is 11.6. The van der Waals surface area contributed by atoms with Crippen molar-refractivity contribution in [3.63, 3.8) is 0 Å². The minimum Gasteiger partial charge on any atom is -0.492 e. The van der Waals surface area contributed by atoms with E-state index in [-0.39, 0.29) is 24.6 Å². The van der Waals surface area contributed by atoms with Crippen LogP contribution in [-0.4, -0.2) is 118 Å². The van der Waals surface area contributed by atoms with Crippen molar-refractivity contribution in [3.05, 3.63) is 72.3 Å². The lowest BCUT2D eigenvalue weighted by Crippen LogP contribution is -2.19. The van der Waals surface area contributed by atoms with Gasteiger partial charge in [-0.05, 0) is 117 Å². The van der Waals surface area contributed by atoms with Gasteiger partial charge in [0, 0.05) is 48.8 Å². The number of likely N-dealkylation sites (N-methyl/N-ethyl adjacent to an activating group) is 2. The molecular formula is C38H53ClN8O6. The Morgan fingerprint density at radius 3 is 1.38 bits per heavy atom. The molecule has 0 unspecified atom stereocenters. The van der Waals surface area contributed by atoms with E-state index in [0.717, 1.165) is 46.8 Å². The van der Waals surface area contributed by atoms with Crippen LogP contribution < -0.4 is 9.47 Å². The summed E-state index contributed by atoms with van der Waals surface area (Å²) < 4.78 is 24.6. The minimum atomic E-state index is -0.413. The topological polar surface area (TPSA) is 139 Å². The average molecular weight is 753 g/mol. The molecule has 0 saturated heterocycles. The molecule has 0 spiro atoms. The van der Waals surface area contributed by atoms with Crippen molar-refractivity contribution in [2.45, 2.75) is 53.8 Å². The van der Waals surface area contributed by atoms with E-state index < -0.39 is 11.9 Å². The predicted molar refractivity (Wildman–Crippen MR) is 209 cm³/mol. The first-order valence-corrected chi connectivity index (χ1v) is 17.1. The van der Waals surface area contributed by atoms with Crippen molar-refractivity contribution < 1.29 is 28.5 Å². The second-order valence-corrected chi connectivity index (χ2v) is 13.1. The van der Waals surface area contributed by atoms with Crippen LogP contribution in [0.15, 0.2) is 61.2 Å². The maximum Gasteiger partial charge on any atom is 0.332 e. The highest BCUT2D eigenvalue weighted by Crippen LogP contribution is 2.25. The number of aryl methyl sites for hydroxylation is 2. The van der Waals surface area contributed by atoms with Crippen LogP contribution in [0.25, 0.3) is 35.2 Å². The fourth-order valence-electron chi connectivity index (χ4n) is 4.39. The molecule has 2 aromatic carbocycles. The second kappa shape index (κ2) is 22.1. The van der Waals surface area contributed by atoms with Gasteiger partial charge in [0.05, 0.1) is 12.2 Å². The zero-order valence-electron chi connectivity index (χ0n) is 32.3. The first-order chi connectivity index (χ1) is 24.7. The number of benzene rings is 2. The summed E-state index contributed by atoms with van der Waals surface area (Å²) in [5, 5.41) is 8.74. The molecule has 0 saturated carbocycles. The number of hydrogen-bond donors (Lipinski definition) is 0. The minimum absolute atomic E-state index is 0. The fourth-order valence-corrected chi connectivity index (χ4v) is 4.39. The normalized spacial score (nSPS) is 11.3. The van der Waals surface area contributed by atoms with Gasteiger partial charge >= 0.3 is 11.9 Å². The van der Waals surface area contributed by atoms with Crippen molar-refractivity contribution in [3.8, 4) is 34.3 Å². The summed E-state index contributed by atoms with van der Waals surface area (Å²) in [7, 11) is 8.02. The van der Waals surface area contributed by atoms with Gasteiger partial charge in [-0.25, -0.2) is 28.9 Å². The highest BCUT2D eigenvalue weighted by molar-refractivity contribution is 5.86. The van der Waals surface area contributed by atoms with E-state index in [0.29, 0.717) is 24.9 Å². The molecule has 53 heavy (non-hydrogen) atoms. The van der Waals surface area contributed by atoms with Gasteiger partial charge in [-0.3, -0.25) is 0 Å². The number of carbonyl (C=O) groups excluding carboxylic acids is 2. The fraction of sp³-hybridized carbons (Fsp3) is 0.421. The summed E-state index contributed by atoms with van der Waals surface area (Å²) in [6.07, 6.45) is 8.46. The van der Waals surface area contributed by atoms with E-state index >= 15 is 0 Å². The van der Waals surface area contributed by atoms with E-state index in [1.165, 1.54) is 33.9 Å². The van der Waals surface area contributed by atoms with Crippen LogP contribution >= 0.6 is 12.4 Å². The van der Waals surface area contributed by atoms with Gasteiger partial charge < -0.3 is 28.7 Å². The van der Waals surface area contributed by atoms with Gasteiger partial charge in [0.1, 0.15) is 37.4 Å². The van der Waals surface area contributed by atoms with E-state index in [9.17, 15) is 9.59 Å². The summed E-state index contributed by atoms with van der Waals surface area (Å²) in [6, 6.07) is 11.8. The number of esters is 2. The van der Waals surface area contributed by atoms with Crippen LogP contribution in [0.2, 0.25) is 0 Å². The Morgan fingerprint density at radius 2 is 1.04 bits per heavy atom. The number of halogens is 1.